The standard InChI is InChI=1S/C20H22N2OS/c1-14-3-6-17(7-4-14)24-13-20(23)21-10-9-16-12-22-19-8-5-15(2)11-18(16)19/h3-8,11-12,22H,9-10,13H2,1-2H3,(H,21,23). The number of hydrogen-bond donors (Lipinski definition) is 2. The first-order valence-electron chi connectivity index (χ1n) is 8.14. The van der Waals surface area contributed by atoms with E-state index in [4.69, 9.17) is 0 Å². The van der Waals surface area contributed by atoms with Crippen LogP contribution >= 0.6 is 11.8 Å². The Morgan fingerprint density at radius 2 is 1.83 bits per heavy atom. The predicted octanol–water partition coefficient (Wildman–Crippen LogP) is 4.24. The lowest BCUT2D eigenvalue weighted by atomic mass is 10.1. The van der Waals surface area contributed by atoms with Gasteiger partial charge in [0, 0.05) is 28.5 Å². The summed E-state index contributed by atoms with van der Waals surface area (Å²) in [6, 6.07) is 14.6. The minimum Gasteiger partial charge on any atom is -0.361 e. The summed E-state index contributed by atoms with van der Waals surface area (Å²) in [4.78, 5) is 16.4. The van der Waals surface area contributed by atoms with Crippen molar-refractivity contribution in [1.82, 2.24) is 10.3 Å². The zero-order valence-electron chi connectivity index (χ0n) is 14.1. The molecule has 0 aliphatic heterocycles. The fraction of sp³-hybridized carbons (Fsp3) is 0.250. The van der Waals surface area contributed by atoms with E-state index in [1.54, 1.807) is 11.8 Å². The Hall–Kier alpha value is -2.20. The van der Waals surface area contributed by atoms with E-state index in [1.807, 2.05) is 6.20 Å². The number of hydrogen-bond acceptors (Lipinski definition) is 2. The Kier molecular flexibility index (Phi) is 5.26. The maximum absolute atomic E-state index is 12.0. The maximum Gasteiger partial charge on any atom is 0.230 e. The Balaban J connectivity index is 1.47. The van der Waals surface area contributed by atoms with Crippen molar-refractivity contribution in [1.29, 1.82) is 0 Å². The molecule has 0 saturated carbocycles. The summed E-state index contributed by atoms with van der Waals surface area (Å²) >= 11 is 1.57. The minimum atomic E-state index is 0.0802. The van der Waals surface area contributed by atoms with Gasteiger partial charge in [0.1, 0.15) is 0 Å². The van der Waals surface area contributed by atoms with Gasteiger partial charge in [0.25, 0.3) is 0 Å². The van der Waals surface area contributed by atoms with E-state index in [0.29, 0.717) is 12.3 Å². The van der Waals surface area contributed by atoms with Gasteiger partial charge in [-0.1, -0.05) is 29.3 Å². The summed E-state index contributed by atoms with van der Waals surface area (Å²) in [5.74, 6) is 0.535. The van der Waals surface area contributed by atoms with Crippen molar-refractivity contribution in [2.45, 2.75) is 25.2 Å². The molecule has 3 nitrogen and oxygen atoms in total. The first-order chi connectivity index (χ1) is 11.6. The van der Waals surface area contributed by atoms with E-state index in [-0.39, 0.29) is 5.91 Å². The molecule has 3 rings (SSSR count). The zero-order valence-corrected chi connectivity index (χ0v) is 14.9. The summed E-state index contributed by atoms with van der Waals surface area (Å²) in [5.41, 5.74) is 4.89. The Labute approximate surface area is 146 Å². The quantitative estimate of drug-likeness (QED) is 0.661. The fourth-order valence-corrected chi connectivity index (χ4v) is 3.40. The largest absolute Gasteiger partial charge is 0.361 e. The molecular formula is C20H22N2OS. The van der Waals surface area contributed by atoms with Gasteiger partial charge in [-0.25, -0.2) is 0 Å². The average molecular weight is 338 g/mol. The number of benzene rings is 2. The molecule has 0 aliphatic rings. The van der Waals surface area contributed by atoms with Crippen LogP contribution < -0.4 is 5.32 Å². The van der Waals surface area contributed by atoms with Crippen molar-refractivity contribution in [2.75, 3.05) is 12.3 Å². The van der Waals surface area contributed by atoms with Crippen LogP contribution in [0.5, 0.6) is 0 Å². The number of aryl methyl sites for hydroxylation is 2. The molecule has 1 amide bonds. The molecule has 2 N–H and O–H groups in total. The van der Waals surface area contributed by atoms with Gasteiger partial charge in [0.05, 0.1) is 5.75 Å². The summed E-state index contributed by atoms with van der Waals surface area (Å²) in [5, 5.41) is 4.26. The molecule has 0 unspecified atom stereocenters. The first kappa shape index (κ1) is 16.7. The van der Waals surface area contributed by atoms with Crippen LogP contribution in [0.15, 0.2) is 53.6 Å². The molecule has 1 aromatic heterocycles. The molecule has 0 spiro atoms. The van der Waals surface area contributed by atoms with Crippen LogP contribution in [0.1, 0.15) is 16.7 Å². The number of amides is 1. The van der Waals surface area contributed by atoms with Gasteiger partial charge in [0.15, 0.2) is 0 Å². The number of rotatable bonds is 6. The highest BCUT2D eigenvalue weighted by molar-refractivity contribution is 8.00. The maximum atomic E-state index is 12.0. The van der Waals surface area contributed by atoms with Gasteiger partial charge in [-0.15, -0.1) is 11.8 Å². The van der Waals surface area contributed by atoms with Crippen LogP contribution in [-0.2, 0) is 11.2 Å². The molecule has 0 radical (unpaired) electrons. The number of H-pyrrole nitrogens is 1. The van der Waals surface area contributed by atoms with Crippen molar-refractivity contribution in [3.8, 4) is 0 Å². The highest BCUT2D eigenvalue weighted by Crippen LogP contribution is 2.20. The van der Waals surface area contributed by atoms with Gasteiger partial charge in [0.2, 0.25) is 5.91 Å². The van der Waals surface area contributed by atoms with E-state index >= 15 is 0 Å². The SMILES string of the molecule is Cc1ccc(SCC(=O)NCCc2c[nH]c3ccc(C)cc23)cc1. The lowest BCUT2D eigenvalue weighted by Crippen LogP contribution is -2.27. The van der Waals surface area contributed by atoms with Crippen molar-refractivity contribution in [3.05, 3.63) is 65.4 Å². The molecule has 0 aliphatic carbocycles. The molecule has 0 saturated heterocycles. The summed E-state index contributed by atoms with van der Waals surface area (Å²) in [7, 11) is 0. The van der Waals surface area contributed by atoms with Crippen molar-refractivity contribution < 1.29 is 4.79 Å². The average Bonchev–Trinajstić information content (AvgIpc) is 2.97. The number of carbonyl (C=O) groups excluding carboxylic acids is 1. The van der Waals surface area contributed by atoms with Crippen LogP contribution in [0.4, 0.5) is 0 Å². The molecule has 0 fully saturated rings. The van der Waals surface area contributed by atoms with Gasteiger partial charge >= 0.3 is 0 Å². The summed E-state index contributed by atoms with van der Waals surface area (Å²) in [6.45, 7) is 4.82. The van der Waals surface area contributed by atoms with Crippen LogP contribution in [0, 0.1) is 13.8 Å². The van der Waals surface area contributed by atoms with Crippen molar-refractivity contribution in [3.63, 3.8) is 0 Å². The molecular weight excluding hydrogens is 316 g/mol. The van der Waals surface area contributed by atoms with Crippen LogP contribution in [0.3, 0.4) is 0 Å². The van der Waals surface area contributed by atoms with E-state index in [0.717, 1.165) is 16.8 Å². The molecule has 1 heterocycles. The molecule has 3 aromatic rings. The van der Waals surface area contributed by atoms with E-state index in [9.17, 15) is 4.79 Å². The third kappa shape index (κ3) is 4.20. The Bertz CT molecular complexity index is 836. The molecule has 0 bridgehead atoms. The first-order valence-corrected chi connectivity index (χ1v) is 9.13. The second-order valence-corrected chi connectivity index (χ2v) is 7.11. The molecule has 24 heavy (non-hydrogen) atoms. The monoisotopic (exact) mass is 338 g/mol. The summed E-state index contributed by atoms with van der Waals surface area (Å²) in [6.07, 6.45) is 2.88. The minimum absolute atomic E-state index is 0.0802. The second kappa shape index (κ2) is 7.58. The molecule has 2 aromatic carbocycles. The lowest BCUT2D eigenvalue weighted by Gasteiger charge is -2.05. The number of nitrogens with one attached hydrogen (secondary N) is 2. The van der Waals surface area contributed by atoms with Gasteiger partial charge in [-0.05, 0) is 50.1 Å². The number of fused-ring (bicyclic) bond motifs is 1. The van der Waals surface area contributed by atoms with Gasteiger partial charge in [-0.2, -0.15) is 0 Å². The summed E-state index contributed by atoms with van der Waals surface area (Å²) < 4.78 is 0. The highest BCUT2D eigenvalue weighted by Gasteiger charge is 2.06. The van der Waals surface area contributed by atoms with Crippen molar-refractivity contribution in [2.24, 2.45) is 0 Å². The van der Waals surface area contributed by atoms with Crippen LogP contribution in [0.25, 0.3) is 10.9 Å². The number of aromatic nitrogens is 1. The topological polar surface area (TPSA) is 44.9 Å². The Morgan fingerprint density at radius 1 is 1.08 bits per heavy atom. The van der Waals surface area contributed by atoms with Crippen LogP contribution in [-0.4, -0.2) is 23.2 Å². The third-order valence-corrected chi connectivity index (χ3v) is 5.04. The van der Waals surface area contributed by atoms with Crippen molar-refractivity contribution >= 4 is 28.6 Å². The third-order valence-electron chi connectivity index (χ3n) is 4.03. The molecule has 124 valence electrons. The fourth-order valence-electron chi connectivity index (χ4n) is 2.67. The molecule has 0 atom stereocenters. The number of thioether (sulfide) groups is 1. The second-order valence-electron chi connectivity index (χ2n) is 6.06. The van der Waals surface area contributed by atoms with Gasteiger partial charge < -0.3 is 10.3 Å². The number of carbonyl (C=O) groups is 1. The van der Waals surface area contributed by atoms with Crippen LogP contribution in [0.2, 0.25) is 0 Å². The highest BCUT2D eigenvalue weighted by atomic mass is 32.2. The normalized spacial score (nSPS) is 10.9. The van der Waals surface area contributed by atoms with E-state index < -0.39 is 0 Å². The predicted molar refractivity (Wildman–Crippen MR) is 102 cm³/mol. The lowest BCUT2D eigenvalue weighted by molar-refractivity contribution is -0.118. The van der Waals surface area contributed by atoms with Gasteiger partial charge in [-0.3, -0.25) is 4.79 Å². The smallest absolute Gasteiger partial charge is 0.230 e. The molecule has 4 heteroatoms. The van der Waals surface area contributed by atoms with E-state index in [2.05, 4.69) is 66.6 Å². The Morgan fingerprint density at radius 3 is 2.62 bits per heavy atom. The van der Waals surface area contributed by atoms with E-state index in [1.165, 1.54) is 22.1 Å². The zero-order chi connectivity index (χ0) is 16.9. The number of aromatic amines is 1.